The van der Waals surface area contributed by atoms with Crippen LogP contribution in [0.15, 0.2) is 6.07 Å². The number of nitrogens with one attached hydrogen (secondary N) is 1. The van der Waals surface area contributed by atoms with Gasteiger partial charge in [-0.05, 0) is 46.2 Å². The van der Waals surface area contributed by atoms with Crippen molar-refractivity contribution in [1.82, 2.24) is 15.1 Å². The lowest BCUT2D eigenvalue weighted by atomic mass is 9.99. The van der Waals surface area contributed by atoms with Gasteiger partial charge in [-0.3, -0.25) is 4.68 Å². The first kappa shape index (κ1) is 14.2. The lowest BCUT2D eigenvalue weighted by Gasteiger charge is -2.29. The Hall–Kier alpha value is -0.870. The molecule has 0 spiro atoms. The Kier molecular flexibility index (Phi) is 5.15. The van der Waals surface area contributed by atoms with Crippen LogP contribution in [0.25, 0.3) is 0 Å². The van der Waals surface area contributed by atoms with Gasteiger partial charge in [-0.1, -0.05) is 6.92 Å². The highest BCUT2D eigenvalue weighted by Crippen LogP contribution is 2.12. The van der Waals surface area contributed by atoms with Gasteiger partial charge in [-0.2, -0.15) is 5.10 Å². The molecular weight excluding hydrogens is 214 g/mol. The number of nitrogens with zero attached hydrogens (tertiary/aromatic N) is 2. The fraction of sp³-hybridized carbons (Fsp3) is 0.769. The quantitative estimate of drug-likeness (QED) is 0.760. The summed E-state index contributed by atoms with van der Waals surface area (Å²) in [5, 5.41) is 17.3. The zero-order valence-electron chi connectivity index (χ0n) is 11.5. The molecule has 4 nitrogen and oxygen atoms in total. The average Bonchev–Trinajstić information content (AvgIpc) is 2.63. The largest absolute Gasteiger partial charge is 0.394 e. The lowest BCUT2D eigenvalue weighted by molar-refractivity contribution is 0.159. The third-order valence-corrected chi connectivity index (χ3v) is 3.13. The summed E-state index contributed by atoms with van der Waals surface area (Å²) in [4.78, 5) is 0. The highest BCUT2D eigenvalue weighted by molar-refractivity contribution is 5.06. The first-order valence-corrected chi connectivity index (χ1v) is 6.37. The molecular formula is C13H25N3O. The summed E-state index contributed by atoms with van der Waals surface area (Å²) in [6.45, 7) is 10.2. The molecule has 1 aromatic heterocycles. The Morgan fingerprint density at radius 2 is 2.18 bits per heavy atom. The van der Waals surface area contributed by atoms with Crippen LogP contribution in [0.5, 0.6) is 0 Å². The molecule has 1 rings (SSSR count). The molecule has 0 aromatic carbocycles. The van der Waals surface area contributed by atoms with Gasteiger partial charge in [0.05, 0.1) is 12.3 Å². The molecule has 2 N–H and O–H groups in total. The first-order chi connectivity index (χ1) is 8.00. The molecule has 1 unspecified atom stereocenters. The highest BCUT2D eigenvalue weighted by Gasteiger charge is 2.22. The number of hydrogen-bond donors (Lipinski definition) is 2. The summed E-state index contributed by atoms with van der Waals surface area (Å²) < 4.78 is 2.01. The van der Waals surface area contributed by atoms with Crippen molar-refractivity contribution in [3.8, 4) is 0 Å². The molecule has 0 fully saturated rings. The van der Waals surface area contributed by atoms with Gasteiger partial charge < -0.3 is 10.4 Å². The van der Waals surface area contributed by atoms with Crippen LogP contribution in [-0.2, 0) is 6.54 Å². The summed E-state index contributed by atoms with van der Waals surface area (Å²) in [5.74, 6) is 0. The predicted octanol–water partition coefficient (Wildman–Crippen LogP) is 1.64. The van der Waals surface area contributed by atoms with E-state index >= 15 is 0 Å². The van der Waals surface area contributed by atoms with E-state index in [2.05, 4.69) is 37.3 Å². The minimum absolute atomic E-state index is 0.159. The van der Waals surface area contributed by atoms with Crippen molar-refractivity contribution in [3.63, 3.8) is 0 Å². The maximum Gasteiger partial charge on any atom is 0.0611 e. The van der Waals surface area contributed by atoms with Crippen LogP contribution in [0, 0.1) is 13.8 Å². The topological polar surface area (TPSA) is 50.1 Å². The number of aliphatic hydroxyl groups excluding tert-OH is 1. The second-order valence-electron chi connectivity index (χ2n) is 5.05. The van der Waals surface area contributed by atoms with Crippen molar-refractivity contribution in [2.75, 3.05) is 13.2 Å². The molecule has 0 radical (unpaired) electrons. The maximum absolute atomic E-state index is 9.47. The highest BCUT2D eigenvalue weighted by atomic mass is 16.3. The third-order valence-electron chi connectivity index (χ3n) is 3.13. The molecule has 0 aliphatic carbocycles. The van der Waals surface area contributed by atoms with Crippen LogP contribution in [-0.4, -0.2) is 33.6 Å². The van der Waals surface area contributed by atoms with Gasteiger partial charge in [0.2, 0.25) is 0 Å². The summed E-state index contributed by atoms with van der Waals surface area (Å²) in [6.07, 6.45) is 1.96. The van der Waals surface area contributed by atoms with E-state index in [9.17, 15) is 5.11 Å². The zero-order chi connectivity index (χ0) is 12.9. The minimum atomic E-state index is -0.206. The molecule has 1 aromatic rings. The molecule has 0 bridgehead atoms. The van der Waals surface area contributed by atoms with Crippen molar-refractivity contribution in [2.24, 2.45) is 0 Å². The van der Waals surface area contributed by atoms with E-state index < -0.39 is 0 Å². The lowest BCUT2D eigenvalue weighted by Crippen LogP contribution is -2.46. The monoisotopic (exact) mass is 239 g/mol. The smallest absolute Gasteiger partial charge is 0.0611 e. The Balaban J connectivity index is 2.55. The SMILES string of the molecule is CCCNC(C)(CO)CCn1nc(C)cc1C. The van der Waals surface area contributed by atoms with E-state index in [0.717, 1.165) is 31.6 Å². The second kappa shape index (κ2) is 6.17. The molecule has 4 heteroatoms. The van der Waals surface area contributed by atoms with E-state index in [0.29, 0.717) is 0 Å². The summed E-state index contributed by atoms with van der Waals surface area (Å²) >= 11 is 0. The average molecular weight is 239 g/mol. The molecule has 17 heavy (non-hydrogen) atoms. The van der Waals surface area contributed by atoms with Gasteiger partial charge in [-0.25, -0.2) is 0 Å². The molecule has 0 aliphatic heterocycles. The van der Waals surface area contributed by atoms with Gasteiger partial charge in [0, 0.05) is 17.8 Å². The molecule has 98 valence electrons. The molecule has 1 atom stereocenters. The van der Waals surface area contributed by atoms with Crippen molar-refractivity contribution >= 4 is 0 Å². The van der Waals surface area contributed by atoms with Crippen molar-refractivity contribution in [2.45, 2.75) is 52.6 Å². The van der Waals surface area contributed by atoms with E-state index in [1.165, 1.54) is 5.69 Å². The fourth-order valence-corrected chi connectivity index (χ4v) is 1.90. The van der Waals surface area contributed by atoms with E-state index in [-0.39, 0.29) is 12.1 Å². The fourth-order valence-electron chi connectivity index (χ4n) is 1.90. The Morgan fingerprint density at radius 3 is 2.65 bits per heavy atom. The van der Waals surface area contributed by atoms with Crippen molar-refractivity contribution in [3.05, 3.63) is 17.5 Å². The number of aryl methyl sites for hydroxylation is 3. The van der Waals surface area contributed by atoms with Crippen LogP contribution >= 0.6 is 0 Å². The molecule has 0 saturated carbocycles. The van der Waals surface area contributed by atoms with Gasteiger partial charge in [0.15, 0.2) is 0 Å². The van der Waals surface area contributed by atoms with Crippen LogP contribution in [0.2, 0.25) is 0 Å². The van der Waals surface area contributed by atoms with Crippen LogP contribution in [0.4, 0.5) is 0 Å². The predicted molar refractivity (Wildman–Crippen MR) is 70.1 cm³/mol. The number of aliphatic hydroxyl groups is 1. The van der Waals surface area contributed by atoms with Gasteiger partial charge in [-0.15, -0.1) is 0 Å². The first-order valence-electron chi connectivity index (χ1n) is 6.37. The van der Waals surface area contributed by atoms with Crippen LogP contribution in [0.3, 0.4) is 0 Å². The molecule has 0 saturated heterocycles. The second-order valence-corrected chi connectivity index (χ2v) is 5.05. The van der Waals surface area contributed by atoms with Gasteiger partial charge >= 0.3 is 0 Å². The normalized spacial score (nSPS) is 14.9. The Labute approximate surface area is 104 Å². The number of hydrogen-bond acceptors (Lipinski definition) is 3. The van der Waals surface area contributed by atoms with E-state index in [1.807, 2.05) is 11.6 Å². The zero-order valence-corrected chi connectivity index (χ0v) is 11.5. The molecule has 0 amide bonds. The van der Waals surface area contributed by atoms with Gasteiger partial charge in [0.25, 0.3) is 0 Å². The molecule has 1 heterocycles. The number of rotatable bonds is 7. The summed E-state index contributed by atoms with van der Waals surface area (Å²) in [6, 6.07) is 2.08. The van der Waals surface area contributed by atoms with E-state index in [1.54, 1.807) is 0 Å². The Morgan fingerprint density at radius 1 is 1.47 bits per heavy atom. The third kappa shape index (κ3) is 4.13. The Bertz CT molecular complexity index is 348. The molecule has 0 aliphatic rings. The van der Waals surface area contributed by atoms with Crippen molar-refractivity contribution in [1.29, 1.82) is 0 Å². The standard InChI is InChI=1S/C13H25N3O/c1-5-7-14-13(4,10-17)6-8-16-12(3)9-11(2)15-16/h9,14,17H,5-8,10H2,1-4H3. The summed E-state index contributed by atoms with van der Waals surface area (Å²) in [7, 11) is 0. The number of aromatic nitrogens is 2. The van der Waals surface area contributed by atoms with Gasteiger partial charge in [0.1, 0.15) is 0 Å². The summed E-state index contributed by atoms with van der Waals surface area (Å²) in [5.41, 5.74) is 2.02. The van der Waals surface area contributed by atoms with Crippen LogP contribution < -0.4 is 5.32 Å². The minimum Gasteiger partial charge on any atom is -0.394 e. The van der Waals surface area contributed by atoms with Crippen LogP contribution in [0.1, 0.15) is 38.1 Å². The van der Waals surface area contributed by atoms with E-state index in [4.69, 9.17) is 0 Å². The maximum atomic E-state index is 9.47. The van der Waals surface area contributed by atoms with Crippen molar-refractivity contribution < 1.29 is 5.11 Å².